The van der Waals surface area contributed by atoms with Crippen molar-refractivity contribution in [3.8, 4) is 0 Å². The number of nitrogens with one attached hydrogen (secondary N) is 1. The van der Waals surface area contributed by atoms with E-state index in [1.54, 1.807) is 12.1 Å². The van der Waals surface area contributed by atoms with Crippen LogP contribution in [-0.2, 0) is 4.79 Å². The van der Waals surface area contributed by atoms with E-state index < -0.39 is 4.92 Å². The molecule has 5 nitrogen and oxygen atoms in total. The van der Waals surface area contributed by atoms with Crippen molar-refractivity contribution in [1.29, 1.82) is 0 Å². The number of nitro groups is 1. The number of carbonyl (C=O) groups excluding carboxylic acids is 1. The topological polar surface area (TPSA) is 72.2 Å². The second-order valence-electron chi connectivity index (χ2n) is 5.46. The van der Waals surface area contributed by atoms with Crippen LogP contribution in [0.1, 0.15) is 43.6 Å². The molecule has 19 heavy (non-hydrogen) atoms. The van der Waals surface area contributed by atoms with Crippen LogP contribution in [0.4, 0.5) is 11.4 Å². The molecule has 3 rings (SSSR count). The lowest BCUT2D eigenvalue weighted by molar-refractivity contribution is -0.384. The molecule has 1 atom stereocenters. The molecule has 0 radical (unpaired) electrons. The summed E-state index contributed by atoms with van der Waals surface area (Å²) in [6.45, 7) is 0. The van der Waals surface area contributed by atoms with Crippen LogP contribution < -0.4 is 5.32 Å². The zero-order valence-electron chi connectivity index (χ0n) is 10.6. The Balaban J connectivity index is 1.88. The first-order chi connectivity index (χ1) is 9.15. The Kier molecular flexibility index (Phi) is 2.97. The fraction of sp³-hybridized carbons (Fsp3) is 0.500. The van der Waals surface area contributed by atoms with E-state index in [4.69, 9.17) is 0 Å². The lowest BCUT2D eigenvalue weighted by Crippen LogP contribution is -2.14. The van der Waals surface area contributed by atoms with Crippen LogP contribution in [0.3, 0.4) is 0 Å². The maximum absolute atomic E-state index is 12.0. The molecule has 1 amide bonds. The maximum atomic E-state index is 12.0. The molecule has 1 fully saturated rings. The minimum Gasteiger partial charge on any atom is -0.325 e. The van der Waals surface area contributed by atoms with E-state index in [1.165, 1.54) is 31.7 Å². The summed E-state index contributed by atoms with van der Waals surface area (Å²) >= 11 is 0. The van der Waals surface area contributed by atoms with Gasteiger partial charge in [0.15, 0.2) is 0 Å². The molecule has 1 saturated carbocycles. The third kappa shape index (κ3) is 2.20. The van der Waals surface area contributed by atoms with Crippen LogP contribution in [-0.4, -0.2) is 10.8 Å². The molecule has 1 aliphatic heterocycles. The predicted molar refractivity (Wildman–Crippen MR) is 71.0 cm³/mol. The van der Waals surface area contributed by atoms with Crippen molar-refractivity contribution >= 4 is 17.3 Å². The highest BCUT2D eigenvalue weighted by atomic mass is 16.6. The molecule has 0 saturated heterocycles. The molecule has 0 spiro atoms. The van der Waals surface area contributed by atoms with Gasteiger partial charge in [0.25, 0.3) is 5.69 Å². The fourth-order valence-electron chi connectivity index (χ4n) is 3.24. The van der Waals surface area contributed by atoms with E-state index in [1.807, 2.05) is 0 Å². The molecule has 2 aliphatic rings. The molecule has 0 aromatic heterocycles. The Bertz CT molecular complexity index is 535. The lowest BCUT2D eigenvalue weighted by Gasteiger charge is -2.13. The van der Waals surface area contributed by atoms with Crippen LogP contribution in [0.5, 0.6) is 0 Å². The summed E-state index contributed by atoms with van der Waals surface area (Å²) in [5, 5.41) is 13.7. The van der Waals surface area contributed by atoms with E-state index in [2.05, 4.69) is 5.32 Å². The highest BCUT2D eigenvalue weighted by molar-refractivity contribution is 6.03. The molecule has 1 unspecified atom stereocenters. The van der Waals surface area contributed by atoms with Gasteiger partial charge < -0.3 is 5.32 Å². The molecule has 1 aliphatic carbocycles. The van der Waals surface area contributed by atoms with Gasteiger partial charge >= 0.3 is 0 Å². The first-order valence-corrected chi connectivity index (χ1v) is 6.74. The van der Waals surface area contributed by atoms with Crippen molar-refractivity contribution in [2.75, 3.05) is 5.32 Å². The van der Waals surface area contributed by atoms with Crippen LogP contribution in [0.25, 0.3) is 0 Å². The average Bonchev–Trinajstić information content (AvgIpc) is 2.98. The summed E-state index contributed by atoms with van der Waals surface area (Å²) in [7, 11) is 0. The number of benzene rings is 1. The third-order valence-corrected chi connectivity index (χ3v) is 4.24. The van der Waals surface area contributed by atoms with Crippen molar-refractivity contribution in [2.24, 2.45) is 5.92 Å². The van der Waals surface area contributed by atoms with Gasteiger partial charge in [-0.25, -0.2) is 0 Å². The molecule has 1 aromatic carbocycles. The Morgan fingerprint density at radius 2 is 2.05 bits per heavy atom. The first-order valence-electron chi connectivity index (χ1n) is 6.74. The fourth-order valence-corrected chi connectivity index (χ4v) is 3.24. The van der Waals surface area contributed by atoms with Crippen LogP contribution >= 0.6 is 0 Å². The summed E-state index contributed by atoms with van der Waals surface area (Å²) in [5.41, 5.74) is 1.59. The van der Waals surface area contributed by atoms with Gasteiger partial charge in [0.1, 0.15) is 0 Å². The predicted octanol–water partition coefficient (Wildman–Crippen LogP) is 3.21. The molecular formula is C14H16N2O3. The van der Waals surface area contributed by atoms with E-state index in [9.17, 15) is 14.9 Å². The summed E-state index contributed by atoms with van der Waals surface area (Å²) in [5.74, 6) is 0.362. The molecular weight excluding hydrogens is 244 g/mol. The van der Waals surface area contributed by atoms with Gasteiger partial charge in [-0.2, -0.15) is 0 Å². The van der Waals surface area contributed by atoms with Crippen molar-refractivity contribution in [3.63, 3.8) is 0 Å². The van der Waals surface area contributed by atoms with E-state index in [-0.39, 0.29) is 17.5 Å². The second kappa shape index (κ2) is 4.64. The molecule has 1 aromatic rings. The molecule has 0 bridgehead atoms. The van der Waals surface area contributed by atoms with Gasteiger partial charge in [0.2, 0.25) is 5.91 Å². The van der Waals surface area contributed by atoms with Gasteiger partial charge in [0, 0.05) is 17.8 Å². The molecule has 1 N–H and O–H groups in total. The number of hydrogen-bond donors (Lipinski definition) is 1. The zero-order chi connectivity index (χ0) is 13.4. The number of amides is 1. The number of non-ortho nitro benzene ring substituents is 1. The highest BCUT2D eigenvalue weighted by Crippen LogP contribution is 2.41. The van der Waals surface area contributed by atoms with Crippen molar-refractivity contribution < 1.29 is 9.72 Å². The maximum Gasteiger partial charge on any atom is 0.269 e. The van der Waals surface area contributed by atoms with Crippen molar-refractivity contribution in [1.82, 2.24) is 0 Å². The van der Waals surface area contributed by atoms with Gasteiger partial charge in [-0.3, -0.25) is 14.9 Å². The van der Waals surface area contributed by atoms with Crippen LogP contribution in [0, 0.1) is 16.0 Å². The summed E-state index contributed by atoms with van der Waals surface area (Å²) < 4.78 is 0. The Hall–Kier alpha value is -1.91. The minimum atomic E-state index is -0.407. The molecule has 100 valence electrons. The van der Waals surface area contributed by atoms with Gasteiger partial charge in [-0.1, -0.05) is 25.7 Å². The van der Waals surface area contributed by atoms with Crippen LogP contribution in [0.15, 0.2) is 18.2 Å². The summed E-state index contributed by atoms with van der Waals surface area (Å²) in [4.78, 5) is 22.4. The molecule has 5 heteroatoms. The highest BCUT2D eigenvalue weighted by Gasteiger charge is 2.34. The van der Waals surface area contributed by atoms with Gasteiger partial charge in [-0.15, -0.1) is 0 Å². The number of nitro benzene ring substituents is 1. The average molecular weight is 260 g/mol. The third-order valence-electron chi connectivity index (χ3n) is 4.24. The van der Waals surface area contributed by atoms with Crippen molar-refractivity contribution in [3.05, 3.63) is 33.9 Å². The normalized spacial score (nSPS) is 22.3. The van der Waals surface area contributed by atoms with Gasteiger partial charge in [-0.05, 0) is 24.0 Å². The first kappa shape index (κ1) is 12.1. The van der Waals surface area contributed by atoms with Gasteiger partial charge in [0.05, 0.1) is 10.8 Å². The lowest BCUT2D eigenvalue weighted by atomic mass is 9.89. The monoisotopic (exact) mass is 260 g/mol. The number of rotatable bonds is 3. The minimum absolute atomic E-state index is 0.0117. The number of anilines is 1. The Labute approximate surface area is 111 Å². The number of carbonyl (C=O) groups is 1. The SMILES string of the molecule is O=C1Nc2ccc([N+](=O)[O-])cc2C1CC1CCCC1. The van der Waals surface area contributed by atoms with E-state index >= 15 is 0 Å². The largest absolute Gasteiger partial charge is 0.325 e. The number of nitrogens with zero attached hydrogens (tertiary/aromatic N) is 1. The van der Waals surface area contributed by atoms with E-state index in [0.29, 0.717) is 5.92 Å². The smallest absolute Gasteiger partial charge is 0.269 e. The van der Waals surface area contributed by atoms with E-state index in [0.717, 1.165) is 17.7 Å². The second-order valence-corrected chi connectivity index (χ2v) is 5.46. The van der Waals surface area contributed by atoms with Crippen molar-refractivity contribution in [2.45, 2.75) is 38.0 Å². The summed E-state index contributed by atoms with van der Waals surface area (Å²) in [6, 6.07) is 4.63. The number of hydrogen-bond acceptors (Lipinski definition) is 3. The quantitative estimate of drug-likeness (QED) is 0.670. The zero-order valence-corrected chi connectivity index (χ0v) is 10.6. The Morgan fingerprint density at radius 1 is 1.32 bits per heavy atom. The summed E-state index contributed by atoms with van der Waals surface area (Å²) in [6.07, 6.45) is 5.64. The van der Waals surface area contributed by atoms with Crippen LogP contribution in [0.2, 0.25) is 0 Å². The number of fused-ring (bicyclic) bond motifs is 1. The molecule has 1 heterocycles. The standard InChI is InChI=1S/C14H16N2O3/c17-14-12(7-9-3-1-2-4-9)11-8-10(16(18)19)5-6-13(11)15-14/h5-6,8-9,12H,1-4,7H2,(H,15,17). The Morgan fingerprint density at radius 3 is 2.74 bits per heavy atom.